The predicted molar refractivity (Wildman–Crippen MR) is 98.7 cm³/mol. The minimum Gasteiger partial charge on any atom is -0.506 e. The molecule has 7 heteroatoms. The number of likely N-dealkylation sites (tertiary alicyclic amines) is 1. The fourth-order valence-corrected chi connectivity index (χ4v) is 3.09. The predicted octanol–water partition coefficient (Wildman–Crippen LogP) is 2.59. The van der Waals surface area contributed by atoms with Gasteiger partial charge in [-0.05, 0) is 45.0 Å². The summed E-state index contributed by atoms with van der Waals surface area (Å²) in [5.74, 6) is -0.0379. The number of aromatic amines is 1. The van der Waals surface area contributed by atoms with E-state index in [1.165, 1.54) is 31.1 Å². The molecule has 1 saturated heterocycles. The van der Waals surface area contributed by atoms with Crippen molar-refractivity contribution in [3.63, 3.8) is 0 Å². The highest BCUT2D eigenvalue weighted by molar-refractivity contribution is 7.71. The molecule has 0 amide bonds. The lowest BCUT2D eigenvalue weighted by atomic mass is 10.1. The smallest absolute Gasteiger partial charge is 0.142 e. The van der Waals surface area contributed by atoms with E-state index in [1.807, 2.05) is 12.3 Å². The topological polar surface area (TPSA) is 92.6 Å². The standard InChI is InChI=1S/C10H14N2S.C8H11NO3/c1-12-6-2-3-9(12)8-4-5-10(13)11-7-8;1-5-8(12)7(4-11)6(3-10)2-9-5/h4-5,7,9H,2-3,6H2,1H3,(H,11,13);2,10-12H,3-4H2,1H3. The van der Waals surface area contributed by atoms with E-state index < -0.39 is 0 Å². The first-order valence-corrected chi connectivity index (χ1v) is 8.65. The Labute approximate surface area is 152 Å². The third-order valence-electron chi connectivity index (χ3n) is 4.47. The van der Waals surface area contributed by atoms with Crippen molar-refractivity contribution in [3.8, 4) is 5.75 Å². The Morgan fingerprint density at radius 2 is 2.08 bits per heavy atom. The zero-order valence-electron chi connectivity index (χ0n) is 14.6. The molecule has 2 aromatic rings. The van der Waals surface area contributed by atoms with Gasteiger partial charge in [-0.2, -0.15) is 0 Å². The van der Waals surface area contributed by atoms with E-state index in [0.29, 0.717) is 22.9 Å². The lowest BCUT2D eigenvalue weighted by Gasteiger charge is -2.19. The lowest BCUT2D eigenvalue weighted by molar-refractivity contribution is 0.254. The summed E-state index contributed by atoms with van der Waals surface area (Å²) in [5.41, 5.74) is 2.62. The van der Waals surface area contributed by atoms with Crippen LogP contribution in [0.2, 0.25) is 0 Å². The van der Waals surface area contributed by atoms with Crippen LogP contribution in [-0.2, 0) is 13.2 Å². The van der Waals surface area contributed by atoms with E-state index in [-0.39, 0.29) is 19.0 Å². The van der Waals surface area contributed by atoms with Crippen molar-refractivity contribution in [2.75, 3.05) is 13.6 Å². The van der Waals surface area contributed by atoms with Crippen molar-refractivity contribution < 1.29 is 15.3 Å². The number of aryl methyl sites for hydroxylation is 1. The van der Waals surface area contributed by atoms with Crippen LogP contribution in [0.15, 0.2) is 24.5 Å². The summed E-state index contributed by atoms with van der Waals surface area (Å²) in [7, 11) is 2.18. The minimum atomic E-state index is -0.287. The maximum absolute atomic E-state index is 9.38. The van der Waals surface area contributed by atoms with Crippen LogP contribution in [0.1, 0.15) is 41.3 Å². The van der Waals surface area contributed by atoms with Crippen LogP contribution >= 0.6 is 12.2 Å². The van der Waals surface area contributed by atoms with Crippen molar-refractivity contribution in [1.29, 1.82) is 0 Å². The number of nitrogens with one attached hydrogen (secondary N) is 1. The number of aliphatic hydroxyl groups excluding tert-OH is 2. The van der Waals surface area contributed by atoms with Gasteiger partial charge in [0.05, 0.1) is 18.9 Å². The Balaban J connectivity index is 0.000000181. The van der Waals surface area contributed by atoms with E-state index in [4.69, 9.17) is 22.4 Å². The second-order valence-corrected chi connectivity index (χ2v) is 6.58. The van der Waals surface area contributed by atoms with Gasteiger partial charge in [0.25, 0.3) is 0 Å². The van der Waals surface area contributed by atoms with Crippen LogP contribution < -0.4 is 0 Å². The molecule has 1 fully saturated rings. The van der Waals surface area contributed by atoms with Crippen molar-refractivity contribution >= 4 is 12.2 Å². The summed E-state index contributed by atoms with van der Waals surface area (Å²) in [6, 6.07) is 4.69. The van der Waals surface area contributed by atoms with Gasteiger partial charge in [-0.15, -0.1) is 0 Å². The van der Waals surface area contributed by atoms with Gasteiger partial charge in [-0.1, -0.05) is 18.3 Å². The first-order chi connectivity index (χ1) is 12.0. The third-order valence-corrected chi connectivity index (χ3v) is 4.73. The highest BCUT2D eigenvalue weighted by Crippen LogP contribution is 2.29. The molecule has 4 N–H and O–H groups in total. The number of aromatic hydroxyl groups is 1. The van der Waals surface area contributed by atoms with E-state index in [2.05, 4.69) is 28.0 Å². The third kappa shape index (κ3) is 4.85. The summed E-state index contributed by atoms with van der Waals surface area (Å²) in [4.78, 5) is 9.32. The zero-order chi connectivity index (χ0) is 18.4. The molecule has 3 rings (SSSR count). The number of aliphatic hydroxyl groups is 2. The molecule has 25 heavy (non-hydrogen) atoms. The maximum Gasteiger partial charge on any atom is 0.142 e. The summed E-state index contributed by atoms with van der Waals surface area (Å²) in [6.45, 7) is 2.33. The SMILES string of the molecule is CN1CCCC1c1ccc(=S)[nH]c1.Cc1ncc(CO)c(CO)c1O. The van der Waals surface area contributed by atoms with Gasteiger partial charge >= 0.3 is 0 Å². The molecule has 3 heterocycles. The molecular formula is C18H25N3O3S. The summed E-state index contributed by atoms with van der Waals surface area (Å²) in [6.07, 6.45) is 6.05. The molecular weight excluding hydrogens is 338 g/mol. The molecule has 0 spiro atoms. The van der Waals surface area contributed by atoms with E-state index >= 15 is 0 Å². The number of pyridine rings is 2. The number of H-pyrrole nitrogens is 1. The zero-order valence-corrected chi connectivity index (χ0v) is 15.4. The first kappa shape index (κ1) is 19.5. The Kier molecular flexibility index (Phi) is 7.07. The van der Waals surface area contributed by atoms with Crippen LogP contribution in [-0.4, -0.2) is 43.8 Å². The molecule has 136 valence electrons. The number of hydrogen-bond donors (Lipinski definition) is 4. The van der Waals surface area contributed by atoms with Crippen LogP contribution in [0.4, 0.5) is 0 Å². The van der Waals surface area contributed by atoms with E-state index in [0.717, 1.165) is 4.64 Å². The molecule has 1 atom stereocenters. The van der Waals surface area contributed by atoms with E-state index in [9.17, 15) is 5.11 Å². The highest BCUT2D eigenvalue weighted by Gasteiger charge is 2.21. The number of aromatic nitrogens is 2. The molecule has 1 unspecified atom stereocenters. The largest absolute Gasteiger partial charge is 0.506 e. The first-order valence-electron chi connectivity index (χ1n) is 8.24. The Bertz CT molecular complexity index is 743. The van der Waals surface area contributed by atoms with Gasteiger partial charge in [-0.25, -0.2) is 0 Å². The van der Waals surface area contributed by atoms with E-state index in [1.54, 1.807) is 6.92 Å². The number of hydrogen-bond acceptors (Lipinski definition) is 6. The quantitative estimate of drug-likeness (QED) is 0.627. The van der Waals surface area contributed by atoms with Crippen LogP contribution in [0.5, 0.6) is 5.75 Å². The van der Waals surface area contributed by atoms with Crippen LogP contribution in [0.25, 0.3) is 0 Å². The normalized spacial score (nSPS) is 17.2. The lowest BCUT2D eigenvalue weighted by Crippen LogP contribution is -2.17. The highest BCUT2D eigenvalue weighted by atomic mass is 32.1. The second-order valence-electron chi connectivity index (χ2n) is 6.14. The summed E-state index contributed by atoms with van der Waals surface area (Å²) >= 11 is 5.01. The minimum absolute atomic E-state index is 0.0379. The monoisotopic (exact) mass is 363 g/mol. The number of rotatable bonds is 3. The van der Waals surface area contributed by atoms with Gasteiger partial charge in [0.15, 0.2) is 0 Å². The second kappa shape index (κ2) is 9.05. The van der Waals surface area contributed by atoms with Crippen LogP contribution in [0.3, 0.4) is 0 Å². The van der Waals surface area contributed by atoms with Gasteiger partial charge in [0.2, 0.25) is 0 Å². The molecule has 1 aliphatic heterocycles. The van der Waals surface area contributed by atoms with Crippen molar-refractivity contribution in [3.05, 3.63) is 51.6 Å². The van der Waals surface area contributed by atoms with Crippen molar-refractivity contribution in [2.45, 2.75) is 39.0 Å². The molecule has 0 saturated carbocycles. The van der Waals surface area contributed by atoms with Crippen LogP contribution in [0, 0.1) is 11.6 Å². The fourth-order valence-electron chi connectivity index (χ4n) is 2.96. The molecule has 0 radical (unpaired) electrons. The van der Waals surface area contributed by atoms with Gasteiger partial charge in [0, 0.05) is 29.6 Å². The molecule has 0 aromatic carbocycles. The molecule has 0 bridgehead atoms. The fraction of sp³-hybridized carbons (Fsp3) is 0.444. The number of nitrogens with zero attached hydrogens (tertiary/aromatic N) is 2. The summed E-state index contributed by atoms with van der Waals surface area (Å²) < 4.78 is 0.810. The van der Waals surface area contributed by atoms with Crippen molar-refractivity contribution in [1.82, 2.24) is 14.9 Å². The summed E-state index contributed by atoms with van der Waals surface area (Å²) in [5, 5.41) is 27.0. The van der Waals surface area contributed by atoms with Gasteiger partial charge < -0.3 is 20.3 Å². The molecule has 2 aromatic heterocycles. The van der Waals surface area contributed by atoms with Gasteiger partial charge in [-0.3, -0.25) is 9.88 Å². The van der Waals surface area contributed by atoms with Gasteiger partial charge in [0.1, 0.15) is 10.4 Å². The molecule has 1 aliphatic rings. The Morgan fingerprint density at radius 1 is 1.32 bits per heavy atom. The average molecular weight is 363 g/mol. The Morgan fingerprint density at radius 3 is 2.60 bits per heavy atom. The maximum atomic E-state index is 9.38. The Hall–Kier alpha value is -1.80. The molecule has 0 aliphatic carbocycles. The molecule has 6 nitrogen and oxygen atoms in total. The average Bonchev–Trinajstić information content (AvgIpc) is 3.04. The van der Waals surface area contributed by atoms with Crippen molar-refractivity contribution in [2.24, 2.45) is 0 Å².